The van der Waals surface area contributed by atoms with E-state index in [1.54, 1.807) is 31.4 Å². The molecule has 0 saturated heterocycles. The fourth-order valence-electron chi connectivity index (χ4n) is 3.01. The van der Waals surface area contributed by atoms with Gasteiger partial charge < -0.3 is 24.9 Å². The molecule has 4 aromatic rings. The van der Waals surface area contributed by atoms with E-state index in [-0.39, 0.29) is 18.3 Å². The third-order valence-corrected chi connectivity index (χ3v) is 4.46. The fourth-order valence-corrected chi connectivity index (χ4v) is 3.01. The molecule has 0 unspecified atom stereocenters. The lowest BCUT2D eigenvalue weighted by Gasteiger charge is -2.08. The average molecular weight is 406 g/mol. The maximum atomic E-state index is 13.0. The van der Waals surface area contributed by atoms with Gasteiger partial charge in [-0.2, -0.15) is 0 Å². The standard InChI is InChI=1S/C22H19FN4O3/c1-29-19-9-4-14(11-17(19)24)18-12-27-10-2-3-20(22(27)26-18)30-13-21(28)25-16-7-5-15(23)6-8-16/h2-12H,13,24H2,1H3,(H,25,28). The molecule has 7 nitrogen and oxygen atoms in total. The van der Waals surface area contributed by atoms with E-state index in [1.165, 1.54) is 24.3 Å². The van der Waals surface area contributed by atoms with Crippen LogP contribution in [-0.2, 0) is 4.79 Å². The van der Waals surface area contributed by atoms with Crippen LogP contribution in [0.5, 0.6) is 11.5 Å². The summed E-state index contributed by atoms with van der Waals surface area (Å²) in [7, 11) is 1.56. The molecule has 0 fully saturated rings. The Morgan fingerprint density at radius 3 is 2.70 bits per heavy atom. The van der Waals surface area contributed by atoms with Crippen LogP contribution in [0.4, 0.5) is 15.8 Å². The van der Waals surface area contributed by atoms with E-state index in [4.69, 9.17) is 15.2 Å². The van der Waals surface area contributed by atoms with Crippen molar-refractivity contribution in [2.45, 2.75) is 0 Å². The van der Waals surface area contributed by atoms with Gasteiger partial charge in [-0.1, -0.05) is 0 Å². The average Bonchev–Trinajstić information content (AvgIpc) is 3.19. The number of methoxy groups -OCH3 is 1. The Labute approximate surface area is 171 Å². The Hall–Kier alpha value is -4.07. The largest absolute Gasteiger partial charge is 0.495 e. The second-order valence-electron chi connectivity index (χ2n) is 6.53. The number of nitrogens with two attached hydrogens (primary N) is 1. The van der Waals surface area contributed by atoms with E-state index in [2.05, 4.69) is 10.3 Å². The van der Waals surface area contributed by atoms with Gasteiger partial charge in [0, 0.05) is 23.6 Å². The Morgan fingerprint density at radius 2 is 1.97 bits per heavy atom. The van der Waals surface area contributed by atoms with Gasteiger partial charge in [-0.3, -0.25) is 4.79 Å². The molecule has 8 heteroatoms. The van der Waals surface area contributed by atoms with Crippen LogP contribution in [0.1, 0.15) is 0 Å². The predicted molar refractivity (Wildman–Crippen MR) is 112 cm³/mol. The van der Waals surface area contributed by atoms with Crippen LogP contribution in [0.25, 0.3) is 16.9 Å². The first-order valence-corrected chi connectivity index (χ1v) is 9.13. The number of halogens is 1. The minimum atomic E-state index is -0.371. The van der Waals surface area contributed by atoms with Gasteiger partial charge in [0.05, 0.1) is 18.5 Å². The maximum absolute atomic E-state index is 13.0. The number of carbonyl (C=O) groups excluding carboxylic acids is 1. The van der Waals surface area contributed by atoms with Crippen LogP contribution in [0.2, 0.25) is 0 Å². The van der Waals surface area contributed by atoms with Gasteiger partial charge in [0.1, 0.15) is 11.6 Å². The van der Waals surface area contributed by atoms with Crippen LogP contribution >= 0.6 is 0 Å². The summed E-state index contributed by atoms with van der Waals surface area (Å²) in [5.74, 6) is 0.321. The summed E-state index contributed by atoms with van der Waals surface area (Å²) in [6.45, 7) is -0.214. The number of nitrogen functional groups attached to an aromatic ring is 1. The van der Waals surface area contributed by atoms with E-state index in [0.29, 0.717) is 34.2 Å². The molecular formula is C22H19FN4O3. The van der Waals surface area contributed by atoms with Crippen LogP contribution in [0.15, 0.2) is 67.0 Å². The van der Waals surface area contributed by atoms with Gasteiger partial charge in [0.15, 0.2) is 18.0 Å². The third kappa shape index (κ3) is 4.02. The Kier molecular flexibility index (Phi) is 5.21. The number of fused-ring (bicyclic) bond motifs is 1. The van der Waals surface area contributed by atoms with Crippen molar-refractivity contribution in [2.24, 2.45) is 0 Å². The molecule has 3 N–H and O–H groups in total. The highest BCUT2D eigenvalue weighted by Crippen LogP contribution is 2.29. The molecular weight excluding hydrogens is 387 g/mol. The van der Waals surface area contributed by atoms with Crippen molar-refractivity contribution in [3.05, 3.63) is 72.8 Å². The van der Waals surface area contributed by atoms with E-state index >= 15 is 0 Å². The predicted octanol–water partition coefficient (Wildman–Crippen LogP) is 3.75. The number of hydrogen-bond acceptors (Lipinski definition) is 5. The molecule has 1 amide bonds. The first-order valence-electron chi connectivity index (χ1n) is 9.13. The Bertz CT molecular complexity index is 1200. The molecule has 0 aliphatic carbocycles. The van der Waals surface area contributed by atoms with Crippen molar-refractivity contribution >= 4 is 22.9 Å². The highest BCUT2D eigenvalue weighted by molar-refractivity contribution is 5.91. The Balaban J connectivity index is 1.51. The van der Waals surface area contributed by atoms with Gasteiger partial charge in [0.25, 0.3) is 5.91 Å². The normalized spacial score (nSPS) is 10.7. The van der Waals surface area contributed by atoms with E-state index in [1.807, 2.05) is 22.9 Å². The molecule has 2 heterocycles. The smallest absolute Gasteiger partial charge is 0.262 e. The number of rotatable bonds is 6. The number of nitrogens with zero attached hydrogens (tertiary/aromatic N) is 2. The summed E-state index contributed by atoms with van der Waals surface area (Å²) < 4.78 is 25.6. The zero-order valence-electron chi connectivity index (χ0n) is 16.1. The third-order valence-electron chi connectivity index (χ3n) is 4.46. The molecule has 0 radical (unpaired) electrons. The lowest BCUT2D eigenvalue weighted by molar-refractivity contribution is -0.118. The number of benzene rings is 2. The van der Waals surface area contributed by atoms with Crippen molar-refractivity contribution in [1.29, 1.82) is 0 Å². The van der Waals surface area contributed by atoms with Crippen molar-refractivity contribution in [3.63, 3.8) is 0 Å². The molecule has 0 aliphatic rings. The van der Waals surface area contributed by atoms with Gasteiger partial charge >= 0.3 is 0 Å². The zero-order valence-corrected chi connectivity index (χ0v) is 16.1. The molecule has 2 aromatic heterocycles. The second kappa shape index (κ2) is 8.12. The number of pyridine rings is 1. The first kappa shape index (κ1) is 19.3. The summed E-state index contributed by atoms with van der Waals surface area (Å²) in [6.07, 6.45) is 3.69. The number of carbonyl (C=O) groups is 1. The lowest BCUT2D eigenvalue weighted by atomic mass is 10.1. The van der Waals surface area contributed by atoms with Gasteiger partial charge in [-0.15, -0.1) is 0 Å². The second-order valence-corrected chi connectivity index (χ2v) is 6.53. The summed E-state index contributed by atoms with van der Waals surface area (Å²) >= 11 is 0. The van der Waals surface area contributed by atoms with Gasteiger partial charge in [0.2, 0.25) is 0 Å². The number of nitrogens with one attached hydrogen (secondary N) is 1. The van der Waals surface area contributed by atoms with E-state index in [0.717, 1.165) is 5.56 Å². The monoisotopic (exact) mass is 406 g/mol. The highest BCUT2D eigenvalue weighted by Gasteiger charge is 2.12. The molecule has 0 bridgehead atoms. The first-order chi connectivity index (χ1) is 14.5. The van der Waals surface area contributed by atoms with E-state index in [9.17, 15) is 9.18 Å². The molecule has 0 spiro atoms. The van der Waals surface area contributed by atoms with Crippen molar-refractivity contribution in [1.82, 2.24) is 9.38 Å². The van der Waals surface area contributed by atoms with Crippen LogP contribution in [0.3, 0.4) is 0 Å². The summed E-state index contributed by atoms with van der Waals surface area (Å²) in [5.41, 5.74) is 9.10. The maximum Gasteiger partial charge on any atom is 0.262 e. The molecule has 30 heavy (non-hydrogen) atoms. The summed E-state index contributed by atoms with van der Waals surface area (Å²) in [4.78, 5) is 16.8. The van der Waals surface area contributed by atoms with Gasteiger partial charge in [-0.25, -0.2) is 9.37 Å². The number of aromatic nitrogens is 2. The number of hydrogen-bond donors (Lipinski definition) is 2. The van der Waals surface area contributed by atoms with Crippen molar-refractivity contribution in [2.75, 3.05) is 24.8 Å². The molecule has 0 saturated carbocycles. The quantitative estimate of drug-likeness (QED) is 0.476. The number of amides is 1. The van der Waals surface area contributed by atoms with Crippen LogP contribution in [-0.4, -0.2) is 29.0 Å². The van der Waals surface area contributed by atoms with Crippen LogP contribution < -0.4 is 20.5 Å². The molecule has 2 aromatic carbocycles. The molecule has 0 atom stereocenters. The molecule has 152 valence electrons. The minimum Gasteiger partial charge on any atom is -0.495 e. The lowest BCUT2D eigenvalue weighted by Crippen LogP contribution is -2.20. The number of imidazole rings is 1. The molecule has 4 rings (SSSR count). The highest BCUT2D eigenvalue weighted by atomic mass is 19.1. The van der Waals surface area contributed by atoms with Crippen molar-refractivity contribution in [3.8, 4) is 22.8 Å². The topological polar surface area (TPSA) is 90.9 Å². The van der Waals surface area contributed by atoms with Gasteiger partial charge in [-0.05, 0) is 54.6 Å². The molecule has 0 aliphatic heterocycles. The Morgan fingerprint density at radius 1 is 1.17 bits per heavy atom. The van der Waals surface area contributed by atoms with Crippen molar-refractivity contribution < 1.29 is 18.7 Å². The number of ether oxygens (including phenoxy) is 2. The summed E-state index contributed by atoms with van der Waals surface area (Å²) in [5, 5.41) is 2.65. The SMILES string of the molecule is COc1ccc(-c2cn3cccc(OCC(=O)Nc4ccc(F)cc4)c3n2)cc1N. The summed E-state index contributed by atoms with van der Waals surface area (Å²) in [6, 6.07) is 14.5. The number of anilines is 2. The van der Waals surface area contributed by atoms with E-state index < -0.39 is 0 Å². The fraction of sp³-hybridized carbons (Fsp3) is 0.0909. The zero-order chi connectivity index (χ0) is 21.1. The van der Waals surface area contributed by atoms with Crippen LogP contribution in [0, 0.1) is 5.82 Å². The minimum absolute atomic E-state index is 0.214.